The van der Waals surface area contributed by atoms with Gasteiger partial charge < -0.3 is 5.32 Å². The number of fused-ring (bicyclic) bond motifs is 1. The van der Waals surface area contributed by atoms with Crippen LogP contribution in [0.25, 0.3) is 0 Å². The van der Waals surface area contributed by atoms with Crippen LogP contribution in [-0.4, -0.2) is 30.2 Å². The van der Waals surface area contributed by atoms with E-state index in [0.29, 0.717) is 24.6 Å². The number of anilines is 1. The van der Waals surface area contributed by atoms with Crippen LogP contribution >= 0.6 is 11.3 Å². The van der Waals surface area contributed by atoms with E-state index in [1.54, 1.807) is 0 Å². The van der Waals surface area contributed by atoms with Gasteiger partial charge in [0.15, 0.2) is 5.13 Å². The number of carbonyl (C=O) groups excluding carboxylic acids is 1. The van der Waals surface area contributed by atoms with Gasteiger partial charge in [-0.25, -0.2) is 13.4 Å². The Morgan fingerprint density at radius 3 is 2.89 bits per heavy atom. The van der Waals surface area contributed by atoms with E-state index in [2.05, 4.69) is 10.3 Å². The Morgan fingerprint density at radius 2 is 2.19 bits per heavy atom. The van der Waals surface area contributed by atoms with E-state index in [-0.39, 0.29) is 17.6 Å². The summed E-state index contributed by atoms with van der Waals surface area (Å²) in [6, 6.07) is 7.60. The lowest BCUT2D eigenvalue weighted by atomic mass is 9.85. The van der Waals surface area contributed by atoms with Crippen LogP contribution in [0.2, 0.25) is 0 Å². The molecule has 27 heavy (non-hydrogen) atoms. The summed E-state index contributed by atoms with van der Waals surface area (Å²) in [6.45, 7) is 2.72. The second-order valence-electron chi connectivity index (χ2n) is 7.33. The number of nitrogens with one attached hydrogen (secondary N) is 1. The molecule has 0 atom stereocenters. The van der Waals surface area contributed by atoms with Crippen LogP contribution < -0.4 is 5.32 Å². The zero-order chi connectivity index (χ0) is 19.0. The highest BCUT2D eigenvalue weighted by molar-refractivity contribution is 7.88. The molecular formula is C19H23N3O3S2. The maximum Gasteiger partial charge on any atom is 0.229 e. The van der Waals surface area contributed by atoms with Crippen LogP contribution in [0.1, 0.15) is 41.0 Å². The largest absolute Gasteiger partial charge is 0.302 e. The van der Waals surface area contributed by atoms with Gasteiger partial charge in [-0.3, -0.25) is 4.79 Å². The molecule has 1 N–H and O–H groups in total. The highest BCUT2D eigenvalue weighted by Crippen LogP contribution is 2.32. The van der Waals surface area contributed by atoms with Gasteiger partial charge in [-0.05, 0) is 25.3 Å². The highest BCUT2D eigenvalue weighted by atomic mass is 32.2. The van der Waals surface area contributed by atoms with Crippen LogP contribution in [0, 0.1) is 12.8 Å². The minimum absolute atomic E-state index is 0.00803. The molecule has 2 aliphatic rings. The van der Waals surface area contributed by atoms with E-state index in [1.165, 1.54) is 15.6 Å². The molecule has 1 aromatic carbocycles. The minimum atomic E-state index is -3.39. The van der Waals surface area contributed by atoms with Gasteiger partial charge in [0.1, 0.15) is 0 Å². The number of hydrogen-bond acceptors (Lipinski definition) is 5. The van der Waals surface area contributed by atoms with Crippen LogP contribution in [-0.2, 0) is 33.5 Å². The zero-order valence-electron chi connectivity index (χ0n) is 15.3. The SMILES string of the molecule is Cc1cccc(CS(=O)(=O)N2CCc3nc(NC(=O)C4CCC4)sc3C2)c1. The Labute approximate surface area is 163 Å². The van der Waals surface area contributed by atoms with Crippen LogP contribution in [0.4, 0.5) is 5.13 Å². The number of carbonyl (C=O) groups is 1. The number of amides is 1. The van der Waals surface area contributed by atoms with E-state index < -0.39 is 10.0 Å². The number of hydrogen-bond donors (Lipinski definition) is 1. The summed E-state index contributed by atoms with van der Waals surface area (Å²) in [6.07, 6.45) is 3.59. The summed E-state index contributed by atoms with van der Waals surface area (Å²) in [5, 5.41) is 3.49. The van der Waals surface area contributed by atoms with E-state index in [9.17, 15) is 13.2 Å². The van der Waals surface area contributed by atoms with Gasteiger partial charge in [0, 0.05) is 30.3 Å². The van der Waals surface area contributed by atoms with Crippen molar-refractivity contribution >= 4 is 32.4 Å². The minimum Gasteiger partial charge on any atom is -0.302 e. The van der Waals surface area contributed by atoms with E-state index in [0.717, 1.165) is 41.0 Å². The predicted octanol–water partition coefficient (Wildman–Crippen LogP) is 3.08. The Morgan fingerprint density at radius 1 is 1.37 bits per heavy atom. The summed E-state index contributed by atoms with van der Waals surface area (Å²) >= 11 is 1.40. The molecule has 144 valence electrons. The molecule has 0 spiro atoms. The third-order valence-electron chi connectivity index (χ3n) is 5.23. The first kappa shape index (κ1) is 18.6. The summed E-state index contributed by atoms with van der Waals surface area (Å²) in [5.74, 6) is 0.155. The molecule has 8 heteroatoms. The van der Waals surface area contributed by atoms with E-state index in [4.69, 9.17) is 0 Å². The topological polar surface area (TPSA) is 79.4 Å². The molecule has 0 saturated heterocycles. The molecule has 1 aliphatic heterocycles. The lowest BCUT2D eigenvalue weighted by molar-refractivity contribution is -0.122. The van der Waals surface area contributed by atoms with Crippen molar-refractivity contribution in [3.05, 3.63) is 46.0 Å². The molecule has 0 unspecified atom stereocenters. The molecule has 6 nitrogen and oxygen atoms in total. The molecule has 4 rings (SSSR count). The molecule has 1 aromatic heterocycles. The number of nitrogens with zero attached hydrogens (tertiary/aromatic N) is 2. The third kappa shape index (κ3) is 4.07. The quantitative estimate of drug-likeness (QED) is 0.829. The highest BCUT2D eigenvalue weighted by Gasteiger charge is 2.30. The maximum atomic E-state index is 12.8. The first-order valence-corrected chi connectivity index (χ1v) is 11.7. The van der Waals surface area contributed by atoms with Crippen LogP contribution in [0.3, 0.4) is 0 Å². The molecule has 1 amide bonds. The van der Waals surface area contributed by atoms with Crippen molar-refractivity contribution in [2.45, 2.75) is 44.9 Å². The number of aromatic nitrogens is 1. The van der Waals surface area contributed by atoms with Crippen molar-refractivity contribution in [3.63, 3.8) is 0 Å². The van der Waals surface area contributed by atoms with Crippen molar-refractivity contribution < 1.29 is 13.2 Å². The zero-order valence-corrected chi connectivity index (χ0v) is 16.9. The van der Waals surface area contributed by atoms with Crippen LogP contribution in [0.5, 0.6) is 0 Å². The predicted molar refractivity (Wildman–Crippen MR) is 106 cm³/mol. The first-order chi connectivity index (χ1) is 12.9. The molecular weight excluding hydrogens is 382 g/mol. The van der Waals surface area contributed by atoms with Crippen LogP contribution in [0.15, 0.2) is 24.3 Å². The van der Waals surface area contributed by atoms with Gasteiger partial charge in [-0.2, -0.15) is 4.31 Å². The lowest BCUT2D eigenvalue weighted by Gasteiger charge is -2.25. The Bertz CT molecular complexity index is 964. The molecule has 1 aliphatic carbocycles. The van der Waals surface area contributed by atoms with Crippen molar-refractivity contribution in [1.82, 2.24) is 9.29 Å². The van der Waals surface area contributed by atoms with Gasteiger partial charge in [-0.15, -0.1) is 11.3 Å². The third-order valence-corrected chi connectivity index (χ3v) is 8.02. The van der Waals surface area contributed by atoms with Crippen molar-refractivity contribution in [1.29, 1.82) is 0 Å². The van der Waals surface area contributed by atoms with Gasteiger partial charge in [0.05, 0.1) is 11.4 Å². The van der Waals surface area contributed by atoms with Crippen molar-refractivity contribution in [2.24, 2.45) is 5.92 Å². The summed E-state index contributed by atoms with van der Waals surface area (Å²) < 4.78 is 27.2. The standard InChI is InChI=1S/C19H23N3O3S2/c1-13-4-2-5-14(10-13)12-27(24,25)22-9-8-16-17(11-22)26-19(20-16)21-18(23)15-6-3-7-15/h2,4-5,10,15H,3,6-9,11-12H2,1H3,(H,20,21,23). The van der Waals surface area contributed by atoms with Crippen molar-refractivity contribution in [3.8, 4) is 0 Å². The fraction of sp³-hybridized carbons (Fsp3) is 0.474. The second-order valence-corrected chi connectivity index (χ2v) is 10.4. The Hall–Kier alpha value is -1.77. The first-order valence-electron chi connectivity index (χ1n) is 9.23. The monoisotopic (exact) mass is 405 g/mol. The van der Waals surface area contributed by atoms with E-state index >= 15 is 0 Å². The van der Waals surface area contributed by atoms with Crippen molar-refractivity contribution in [2.75, 3.05) is 11.9 Å². The molecule has 2 aromatic rings. The summed E-state index contributed by atoms with van der Waals surface area (Å²) in [7, 11) is -3.39. The number of benzene rings is 1. The van der Waals surface area contributed by atoms with Gasteiger partial charge in [0.25, 0.3) is 0 Å². The molecule has 0 radical (unpaired) electrons. The molecule has 1 saturated carbocycles. The number of aryl methyl sites for hydroxylation is 1. The maximum absolute atomic E-state index is 12.8. The smallest absolute Gasteiger partial charge is 0.229 e. The lowest BCUT2D eigenvalue weighted by Crippen LogP contribution is -2.36. The number of rotatable bonds is 5. The van der Waals surface area contributed by atoms with Gasteiger partial charge in [0.2, 0.25) is 15.9 Å². The molecule has 1 fully saturated rings. The number of sulfonamides is 1. The molecule has 2 heterocycles. The van der Waals surface area contributed by atoms with Gasteiger partial charge in [-0.1, -0.05) is 36.2 Å². The second kappa shape index (κ2) is 7.33. The Balaban J connectivity index is 1.45. The number of thiazole rings is 1. The summed E-state index contributed by atoms with van der Waals surface area (Å²) in [4.78, 5) is 17.5. The fourth-order valence-electron chi connectivity index (χ4n) is 3.44. The average Bonchev–Trinajstić information content (AvgIpc) is 2.93. The Kier molecular flexibility index (Phi) is 5.05. The average molecular weight is 406 g/mol. The van der Waals surface area contributed by atoms with Gasteiger partial charge >= 0.3 is 0 Å². The van der Waals surface area contributed by atoms with E-state index in [1.807, 2.05) is 31.2 Å². The molecule has 0 bridgehead atoms. The normalized spacial score (nSPS) is 18.0. The fourth-order valence-corrected chi connectivity index (χ4v) is 6.03. The summed E-state index contributed by atoms with van der Waals surface area (Å²) in [5.41, 5.74) is 2.77.